The number of ether oxygens (including phenoxy) is 1. The molecule has 178 valence electrons. The lowest BCUT2D eigenvalue weighted by Gasteiger charge is -2.20. The SMILES string of the molecule is CCCCc1nn(CCCC)c(=O)c(C2=NS(=O)(=O)c3cc(OCC(N)=O)ccc3N2)c1O. The molecule has 0 fully saturated rings. The Balaban J connectivity index is 2.09. The maximum absolute atomic E-state index is 13.1. The Hall–Kier alpha value is -3.41. The second-order valence-electron chi connectivity index (χ2n) is 7.61. The quantitative estimate of drug-likeness (QED) is 0.463. The summed E-state index contributed by atoms with van der Waals surface area (Å²) in [7, 11) is -4.24. The van der Waals surface area contributed by atoms with Gasteiger partial charge in [-0.15, -0.1) is 4.40 Å². The first-order valence-electron chi connectivity index (χ1n) is 10.7. The van der Waals surface area contributed by atoms with Gasteiger partial charge in [0.2, 0.25) is 0 Å². The van der Waals surface area contributed by atoms with E-state index in [1.54, 1.807) is 0 Å². The van der Waals surface area contributed by atoms with Crippen LogP contribution in [0.5, 0.6) is 11.5 Å². The predicted molar refractivity (Wildman–Crippen MR) is 122 cm³/mol. The van der Waals surface area contributed by atoms with Gasteiger partial charge in [-0.3, -0.25) is 9.59 Å². The number of nitrogens with two attached hydrogens (primary N) is 1. The largest absolute Gasteiger partial charge is 0.505 e. The first-order chi connectivity index (χ1) is 15.7. The van der Waals surface area contributed by atoms with Gasteiger partial charge in [-0.1, -0.05) is 26.7 Å². The molecular formula is C21H27N5O6S. The summed E-state index contributed by atoms with van der Waals surface area (Å²) in [5, 5.41) is 18.0. The minimum Gasteiger partial charge on any atom is -0.505 e. The number of carbonyl (C=O) groups excluding carboxylic acids is 1. The van der Waals surface area contributed by atoms with E-state index in [-0.39, 0.29) is 33.5 Å². The summed E-state index contributed by atoms with van der Waals surface area (Å²) in [4.78, 5) is 23.8. The van der Waals surface area contributed by atoms with Gasteiger partial charge in [0.15, 0.2) is 18.2 Å². The number of carbonyl (C=O) groups is 1. The molecule has 2 aromatic rings. The molecule has 0 atom stereocenters. The van der Waals surface area contributed by atoms with Gasteiger partial charge in [0.05, 0.1) is 5.69 Å². The molecule has 1 aromatic carbocycles. The van der Waals surface area contributed by atoms with Gasteiger partial charge >= 0.3 is 0 Å². The smallest absolute Gasteiger partial charge is 0.286 e. The zero-order valence-electron chi connectivity index (χ0n) is 18.5. The lowest BCUT2D eigenvalue weighted by atomic mass is 10.1. The van der Waals surface area contributed by atoms with Gasteiger partial charge in [0.1, 0.15) is 21.9 Å². The van der Waals surface area contributed by atoms with E-state index in [0.717, 1.165) is 19.3 Å². The zero-order valence-corrected chi connectivity index (χ0v) is 19.3. The monoisotopic (exact) mass is 477 g/mol. The minimum absolute atomic E-state index is 0.118. The van der Waals surface area contributed by atoms with Crippen molar-refractivity contribution in [2.24, 2.45) is 10.1 Å². The Morgan fingerprint density at radius 3 is 2.64 bits per heavy atom. The number of benzene rings is 1. The summed E-state index contributed by atoms with van der Waals surface area (Å²) >= 11 is 0. The number of primary amides is 1. The summed E-state index contributed by atoms with van der Waals surface area (Å²) in [5.74, 6) is -1.25. The fourth-order valence-corrected chi connectivity index (χ4v) is 4.43. The fraction of sp³-hybridized carbons (Fsp3) is 0.429. The molecule has 0 aliphatic carbocycles. The second-order valence-corrected chi connectivity index (χ2v) is 9.18. The number of sulfonamides is 1. The molecule has 0 unspecified atom stereocenters. The Labute approximate surface area is 191 Å². The van der Waals surface area contributed by atoms with Crippen molar-refractivity contribution in [1.29, 1.82) is 0 Å². The number of hydrogen-bond donors (Lipinski definition) is 3. The van der Waals surface area contributed by atoms with Crippen molar-refractivity contribution in [2.75, 3.05) is 11.9 Å². The first kappa shape index (κ1) is 24.2. The number of fused-ring (bicyclic) bond motifs is 1. The molecule has 1 aliphatic rings. The molecular weight excluding hydrogens is 450 g/mol. The van der Waals surface area contributed by atoms with E-state index in [2.05, 4.69) is 14.8 Å². The standard InChI is InChI=1S/C21H27N5O6S/c1-3-5-7-15-19(28)18(21(29)26(24-15)10-6-4-2)20-23-14-9-8-13(32-12-17(22)27)11-16(14)33(30,31)25-20/h8-9,11,28H,3-7,10,12H2,1-2H3,(H2,22,27)(H,23,25). The van der Waals surface area contributed by atoms with E-state index in [0.29, 0.717) is 25.1 Å². The van der Waals surface area contributed by atoms with Crippen LogP contribution >= 0.6 is 0 Å². The van der Waals surface area contributed by atoms with Crippen molar-refractivity contribution in [1.82, 2.24) is 9.78 Å². The van der Waals surface area contributed by atoms with Crippen LogP contribution in [-0.4, -0.2) is 41.7 Å². The van der Waals surface area contributed by atoms with Crippen LogP contribution in [0.4, 0.5) is 5.69 Å². The number of unbranched alkanes of at least 4 members (excludes halogenated alkanes) is 2. The van der Waals surface area contributed by atoms with Crippen molar-refractivity contribution in [3.05, 3.63) is 39.8 Å². The molecule has 1 amide bonds. The molecule has 4 N–H and O–H groups in total. The highest BCUT2D eigenvalue weighted by atomic mass is 32.2. The zero-order chi connectivity index (χ0) is 24.2. The number of anilines is 1. The second kappa shape index (κ2) is 10.0. The van der Waals surface area contributed by atoms with Crippen molar-refractivity contribution >= 4 is 27.5 Å². The highest BCUT2D eigenvalue weighted by molar-refractivity contribution is 7.90. The lowest BCUT2D eigenvalue weighted by molar-refractivity contribution is -0.119. The van der Waals surface area contributed by atoms with Crippen molar-refractivity contribution < 1.29 is 23.1 Å². The van der Waals surface area contributed by atoms with Crippen LogP contribution < -0.4 is 21.3 Å². The molecule has 0 spiro atoms. The first-order valence-corrected chi connectivity index (χ1v) is 12.1. The Bertz CT molecular complexity index is 1250. The molecule has 2 heterocycles. The molecule has 0 radical (unpaired) electrons. The van der Waals surface area contributed by atoms with E-state index < -0.39 is 28.1 Å². The molecule has 12 heteroatoms. The summed E-state index contributed by atoms with van der Waals surface area (Å²) in [5.41, 5.74) is 4.64. The van der Waals surface area contributed by atoms with Gasteiger partial charge in [0.25, 0.3) is 21.5 Å². The molecule has 0 saturated carbocycles. The third-order valence-corrected chi connectivity index (χ3v) is 6.32. The van der Waals surface area contributed by atoms with Crippen LogP contribution in [0.3, 0.4) is 0 Å². The molecule has 33 heavy (non-hydrogen) atoms. The van der Waals surface area contributed by atoms with Crippen LogP contribution in [0.25, 0.3) is 0 Å². The molecule has 1 aromatic heterocycles. The predicted octanol–water partition coefficient (Wildman–Crippen LogP) is 1.52. The van der Waals surface area contributed by atoms with E-state index in [1.807, 2.05) is 13.8 Å². The molecule has 11 nitrogen and oxygen atoms in total. The van der Waals surface area contributed by atoms with Crippen LogP contribution in [0.15, 0.2) is 32.3 Å². The number of rotatable bonds is 10. The number of aromatic hydroxyl groups is 1. The van der Waals surface area contributed by atoms with Crippen LogP contribution in [-0.2, 0) is 27.8 Å². The lowest BCUT2D eigenvalue weighted by Crippen LogP contribution is -2.34. The number of hydrogen-bond acceptors (Lipinski definition) is 8. The number of aryl methyl sites for hydroxylation is 2. The van der Waals surface area contributed by atoms with E-state index >= 15 is 0 Å². The number of amides is 1. The maximum Gasteiger partial charge on any atom is 0.286 e. The van der Waals surface area contributed by atoms with Crippen LogP contribution in [0.2, 0.25) is 0 Å². The molecule has 0 saturated heterocycles. The minimum atomic E-state index is -4.24. The average molecular weight is 478 g/mol. The van der Waals surface area contributed by atoms with E-state index in [4.69, 9.17) is 10.5 Å². The van der Waals surface area contributed by atoms with Crippen molar-refractivity contribution in [3.63, 3.8) is 0 Å². The summed E-state index contributed by atoms with van der Waals surface area (Å²) < 4.78 is 36.0. The molecule has 3 rings (SSSR count). The van der Waals surface area contributed by atoms with Gasteiger partial charge in [0, 0.05) is 12.6 Å². The Kier molecular flexibility index (Phi) is 7.36. The highest BCUT2D eigenvalue weighted by Gasteiger charge is 2.30. The molecule has 0 bridgehead atoms. The van der Waals surface area contributed by atoms with Crippen molar-refractivity contribution in [3.8, 4) is 11.5 Å². The fourth-order valence-electron chi connectivity index (χ4n) is 3.29. The third-order valence-electron chi connectivity index (χ3n) is 5.00. The summed E-state index contributed by atoms with van der Waals surface area (Å²) in [6.07, 6.45) is 3.54. The third kappa shape index (κ3) is 5.33. The normalized spacial score (nSPS) is 14.2. The summed E-state index contributed by atoms with van der Waals surface area (Å²) in [6, 6.07) is 4.08. The number of nitrogens with one attached hydrogen (secondary N) is 1. The Morgan fingerprint density at radius 2 is 1.97 bits per heavy atom. The topological polar surface area (TPSA) is 166 Å². The van der Waals surface area contributed by atoms with Crippen LogP contribution in [0.1, 0.15) is 50.8 Å². The van der Waals surface area contributed by atoms with Crippen LogP contribution in [0, 0.1) is 0 Å². The number of amidine groups is 1. The van der Waals surface area contributed by atoms with Gasteiger partial charge < -0.3 is 20.9 Å². The average Bonchev–Trinajstić information content (AvgIpc) is 2.76. The van der Waals surface area contributed by atoms with Crippen molar-refractivity contribution in [2.45, 2.75) is 57.4 Å². The maximum atomic E-state index is 13.1. The van der Waals surface area contributed by atoms with Gasteiger partial charge in [-0.25, -0.2) is 4.68 Å². The van der Waals surface area contributed by atoms with Gasteiger partial charge in [-0.2, -0.15) is 13.5 Å². The van der Waals surface area contributed by atoms with E-state index in [9.17, 15) is 23.1 Å². The molecule has 1 aliphatic heterocycles. The number of aromatic nitrogens is 2. The summed E-state index contributed by atoms with van der Waals surface area (Å²) in [6.45, 7) is 3.88. The van der Waals surface area contributed by atoms with Gasteiger partial charge in [-0.05, 0) is 31.4 Å². The number of nitrogens with zero attached hydrogens (tertiary/aromatic N) is 3. The Morgan fingerprint density at radius 1 is 1.24 bits per heavy atom. The highest BCUT2D eigenvalue weighted by Crippen LogP contribution is 2.33. The van der Waals surface area contributed by atoms with E-state index in [1.165, 1.54) is 22.9 Å².